The Kier molecular flexibility index (Phi) is 4.66. The van der Waals surface area contributed by atoms with E-state index >= 15 is 0 Å². The summed E-state index contributed by atoms with van der Waals surface area (Å²) in [6.45, 7) is 0.934. The van der Waals surface area contributed by atoms with Crippen LogP contribution in [0, 0.1) is 10.1 Å². The van der Waals surface area contributed by atoms with Crippen LogP contribution in [0.15, 0.2) is 42.5 Å². The predicted molar refractivity (Wildman–Crippen MR) is 93.7 cm³/mol. The number of anilines is 2. The number of carbonyl (C=O) groups excluding carboxylic acids is 1. The number of halogens is 1. The van der Waals surface area contributed by atoms with Gasteiger partial charge in [-0.1, -0.05) is 29.8 Å². The van der Waals surface area contributed by atoms with Crippen molar-refractivity contribution in [2.24, 2.45) is 0 Å². The average Bonchev–Trinajstić information content (AvgIpc) is 2.56. The summed E-state index contributed by atoms with van der Waals surface area (Å²) in [6, 6.07) is 12.2. The van der Waals surface area contributed by atoms with Gasteiger partial charge in [0.15, 0.2) is 0 Å². The van der Waals surface area contributed by atoms with Crippen molar-refractivity contribution >= 4 is 34.6 Å². The number of nitro benzene ring substituents is 1. The summed E-state index contributed by atoms with van der Waals surface area (Å²) in [5.41, 5.74) is 2.20. The number of hydrogen-bond donors (Lipinski definition) is 1. The van der Waals surface area contributed by atoms with Crippen LogP contribution in [0.3, 0.4) is 0 Å². The number of hydrogen-bond acceptors (Lipinski definition) is 4. The second-order valence-electron chi connectivity index (χ2n) is 5.62. The van der Waals surface area contributed by atoms with Gasteiger partial charge in [-0.3, -0.25) is 14.9 Å². The van der Waals surface area contributed by atoms with Gasteiger partial charge in [0.1, 0.15) is 5.69 Å². The van der Waals surface area contributed by atoms with Gasteiger partial charge >= 0.3 is 0 Å². The van der Waals surface area contributed by atoms with Gasteiger partial charge in [0, 0.05) is 23.3 Å². The summed E-state index contributed by atoms with van der Waals surface area (Å²) in [7, 11) is 0. The lowest BCUT2D eigenvalue weighted by Gasteiger charge is -2.30. The van der Waals surface area contributed by atoms with Crippen molar-refractivity contribution in [2.75, 3.05) is 23.3 Å². The maximum atomic E-state index is 12.3. The Hall–Kier alpha value is -2.60. The van der Waals surface area contributed by atoms with Crippen LogP contribution in [-0.4, -0.2) is 23.9 Å². The Morgan fingerprint density at radius 1 is 1.29 bits per heavy atom. The van der Waals surface area contributed by atoms with E-state index in [4.69, 9.17) is 11.6 Å². The van der Waals surface area contributed by atoms with Gasteiger partial charge in [0.2, 0.25) is 5.91 Å². The third-order valence-electron chi connectivity index (χ3n) is 3.97. The molecule has 0 saturated carbocycles. The van der Waals surface area contributed by atoms with Crippen molar-refractivity contribution in [3.63, 3.8) is 0 Å². The van der Waals surface area contributed by atoms with E-state index in [0.717, 1.165) is 25.1 Å². The molecule has 124 valence electrons. The first-order valence-electron chi connectivity index (χ1n) is 7.61. The molecule has 24 heavy (non-hydrogen) atoms. The molecule has 0 saturated heterocycles. The molecule has 1 amide bonds. The summed E-state index contributed by atoms with van der Waals surface area (Å²) in [5.74, 6) is -0.294. The second kappa shape index (κ2) is 6.88. The van der Waals surface area contributed by atoms with Crippen molar-refractivity contribution in [1.82, 2.24) is 0 Å². The van der Waals surface area contributed by atoms with E-state index in [1.807, 2.05) is 23.1 Å². The zero-order chi connectivity index (χ0) is 17.1. The number of nitrogens with one attached hydrogen (secondary N) is 1. The van der Waals surface area contributed by atoms with E-state index in [1.165, 1.54) is 23.8 Å². The van der Waals surface area contributed by atoms with Crippen LogP contribution in [0.5, 0.6) is 0 Å². The van der Waals surface area contributed by atoms with Gasteiger partial charge in [-0.15, -0.1) is 0 Å². The molecule has 0 aromatic heterocycles. The van der Waals surface area contributed by atoms with E-state index in [2.05, 4.69) is 11.4 Å². The first kappa shape index (κ1) is 16.3. The van der Waals surface area contributed by atoms with E-state index in [0.29, 0.717) is 0 Å². The largest absolute Gasteiger partial charge is 0.362 e. The normalized spacial score (nSPS) is 13.3. The molecule has 1 heterocycles. The monoisotopic (exact) mass is 345 g/mol. The fraction of sp³-hybridized carbons (Fsp3) is 0.235. The molecule has 0 bridgehead atoms. The summed E-state index contributed by atoms with van der Waals surface area (Å²) < 4.78 is 0. The molecule has 0 radical (unpaired) electrons. The van der Waals surface area contributed by atoms with E-state index in [1.54, 1.807) is 0 Å². The smallest absolute Gasteiger partial charge is 0.294 e. The Morgan fingerprint density at radius 3 is 2.88 bits per heavy atom. The van der Waals surface area contributed by atoms with Crippen LogP contribution < -0.4 is 10.2 Å². The minimum atomic E-state index is -0.558. The van der Waals surface area contributed by atoms with Gasteiger partial charge < -0.3 is 10.2 Å². The van der Waals surface area contributed by atoms with Crippen LogP contribution in [0.2, 0.25) is 5.02 Å². The molecule has 2 aromatic rings. The number of rotatable bonds is 4. The van der Waals surface area contributed by atoms with Crippen LogP contribution in [0.1, 0.15) is 12.0 Å². The third-order valence-corrected chi connectivity index (χ3v) is 4.21. The molecule has 7 heteroatoms. The number of carbonyl (C=O) groups is 1. The first-order chi connectivity index (χ1) is 11.5. The molecule has 1 aliphatic heterocycles. The molecular formula is C17H16ClN3O3. The lowest BCUT2D eigenvalue weighted by atomic mass is 10.0. The summed E-state index contributed by atoms with van der Waals surface area (Å²) in [4.78, 5) is 24.9. The quantitative estimate of drug-likeness (QED) is 0.678. The van der Waals surface area contributed by atoms with Crippen LogP contribution >= 0.6 is 11.6 Å². The van der Waals surface area contributed by atoms with Gasteiger partial charge in [-0.05, 0) is 36.6 Å². The Labute approximate surface area is 144 Å². The van der Waals surface area contributed by atoms with Crippen molar-refractivity contribution in [2.45, 2.75) is 12.8 Å². The number of nitro groups is 1. The highest BCUT2D eigenvalue weighted by molar-refractivity contribution is 6.31. The van der Waals surface area contributed by atoms with Crippen molar-refractivity contribution in [1.29, 1.82) is 0 Å². The van der Waals surface area contributed by atoms with Crippen LogP contribution in [-0.2, 0) is 11.2 Å². The van der Waals surface area contributed by atoms with Gasteiger partial charge in [0.25, 0.3) is 5.69 Å². The molecule has 0 unspecified atom stereocenters. The number of aryl methyl sites for hydroxylation is 1. The molecule has 0 fully saturated rings. The Bertz CT molecular complexity index is 794. The number of nitrogens with zero attached hydrogens (tertiary/aromatic N) is 2. The highest BCUT2D eigenvalue weighted by atomic mass is 35.5. The van der Waals surface area contributed by atoms with Gasteiger partial charge in [-0.2, -0.15) is 0 Å². The summed E-state index contributed by atoms with van der Waals surface area (Å²) in [5, 5.41) is 14.0. The number of benzene rings is 2. The minimum Gasteiger partial charge on any atom is -0.362 e. The lowest BCUT2D eigenvalue weighted by molar-refractivity contribution is -0.383. The molecular weight excluding hydrogens is 330 g/mol. The van der Waals surface area contributed by atoms with Gasteiger partial charge in [-0.25, -0.2) is 0 Å². The van der Waals surface area contributed by atoms with E-state index in [-0.39, 0.29) is 28.8 Å². The highest BCUT2D eigenvalue weighted by Gasteiger charge is 2.21. The summed E-state index contributed by atoms with van der Waals surface area (Å²) >= 11 is 5.78. The third kappa shape index (κ3) is 3.49. The zero-order valence-electron chi connectivity index (χ0n) is 12.9. The number of amides is 1. The van der Waals surface area contributed by atoms with Crippen molar-refractivity contribution < 1.29 is 9.72 Å². The number of fused-ring (bicyclic) bond motifs is 1. The topological polar surface area (TPSA) is 75.5 Å². The van der Waals surface area contributed by atoms with E-state index in [9.17, 15) is 14.9 Å². The molecule has 2 aromatic carbocycles. The molecule has 0 aliphatic carbocycles. The predicted octanol–water partition coefficient (Wildman–Crippen LogP) is 3.64. The fourth-order valence-electron chi connectivity index (χ4n) is 2.90. The SMILES string of the molecule is O=C(CN1CCCc2ccccc21)Nc1ccc(Cl)cc1[N+](=O)[O-]. The molecule has 6 nitrogen and oxygen atoms in total. The molecule has 3 rings (SSSR count). The van der Waals surface area contributed by atoms with Crippen LogP contribution in [0.4, 0.5) is 17.1 Å². The molecule has 0 atom stereocenters. The zero-order valence-corrected chi connectivity index (χ0v) is 13.6. The number of para-hydroxylation sites is 1. The lowest BCUT2D eigenvalue weighted by Crippen LogP contribution is -2.36. The Morgan fingerprint density at radius 2 is 2.08 bits per heavy atom. The standard InChI is InChI=1S/C17H16ClN3O3/c18-13-7-8-14(16(10-13)21(23)24)19-17(22)11-20-9-3-5-12-4-1-2-6-15(12)20/h1-2,4,6-8,10H,3,5,9,11H2,(H,19,22). The second-order valence-corrected chi connectivity index (χ2v) is 6.06. The fourth-order valence-corrected chi connectivity index (χ4v) is 3.07. The molecule has 1 aliphatic rings. The van der Waals surface area contributed by atoms with Crippen molar-refractivity contribution in [3.05, 3.63) is 63.2 Å². The van der Waals surface area contributed by atoms with Crippen molar-refractivity contribution in [3.8, 4) is 0 Å². The Balaban J connectivity index is 1.75. The maximum absolute atomic E-state index is 12.3. The average molecular weight is 346 g/mol. The molecule has 1 N–H and O–H groups in total. The highest BCUT2D eigenvalue weighted by Crippen LogP contribution is 2.29. The van der Waals surface area contributed by atoms with Gasteiger partial charge in [0.05, 0.1) is 11.5 Å². The molecule has 0 spiro atoms. The first-order valence-corrected chi connectivity index (χ1v) is 7.99. The van der Waals surface area contributed by atoms with Crippen LogP contribution in [0.25, 0.3) is 0 Å². The minimum absolute atomic E-state index is 0.150. The van der Waals surface area contributed by atoms with E-state index < -0.39 is 4.92 Å². The maximum Gasteiger partial charge on any atom is 0.294 e. The summed E-state index contributed by atoms with van der Waals surface area (Å²) in [6.07, 6.45) is 1.97.